The number of pyridine rings is 1. The molecule has 0 bridgehead atoms. The summed E-state index contributed by atoms with van der Waals surface area (Å²) < 4.78 is 0. The fraction of sp³-hybridized carbons (Fsp3) is 0.545. The van der Waals surface area contributed by atoms with Crippen LogP contribution in [0.2, 0.25) is 0 Å². The van der Waals surface area contributed by atoms with E-state index in [1.54, 1.807) is 0 Å². The van der Waals surface area contributed by atoms with Crippen LogP contribution in [-0.2, 0) is 4.79 Å². The van der Waals surface area contributed by atoms with Crippen LogP contribution in [0, 0.1) is 6.92 Å². The second-order valence-electron chi connectivity index (χ2n) is 6.95. The number of amides is 1. The lowest BCUT2D eigenvalue weighted by Gasteiger charge is -2.10. The van der Waals surface area contributed by atoms with Crippen LogP contribution in [0.5, 0.6) is 0 Å². The highest BCUT2D eigenvalue weighted by atomic mass is 16.1. The first-order valence-corrected chi connectivity index (χ1v) is 9.87. The monoisotopic (exact) mass is 340 g/mol. The molecule has 3 heteroatoms. The van der Waals surface area contributed by atoms with E-state index in [1.807, 2.05) is 37.3 Å². The van der Waals surface area contributed by atoms with Crippen LogP contribution in [-0.4, -0.2) is 10.9 Å². The predicted octanol–water partition coefficient (Wildman–Crippen LogP) is 6.40. The second-order valence-corrected chi connectivity index (χ2v) is 6.95. The van der Waals surface area contributed by atoms with Crippen molar-refractivity contribution in [2.45, 2.75) is 78.1 Å². The smallest absolute Gasteiger partial charge is 0.224 e. The predicted molar refractivity (Wildman–Crippen MR) is 107 cm³/mol. The van der Waals surface area contributed by atoms with Crippen LogP contribution < -0.4 is 5.32 Å². The van der Waals surface area contributed by atoms with E-state index in [-0.39, 0.29) is 5.91 Å². The molecule has 136 valence electrons. The Balaban J connectivity index is 1.69. The number of aryl methyl sites for hydroxylation is 1. The number of para-hydroxylation sites is 1. The van der Waals surface area contributed by atoms with E-state index in [1.165, 1.54) is 44.9 Å². The molecule has 0 unspecified atom stereocenters. The molecule has 0 spiro atoms. The maximum atomic E-state index is 12.2. The number of benzene rings is 1. The number of aromatic nitrogens is 1. The molecule has 0 atom stereocenters. The number of rotatable bonds is 11. The summed E-state index contributed by atoms with van der Waals surface area (Å²) in [6, 6.07) is 9.91. The number of anilines is 1. The molecule has 1 heterocycles. The first kappa shape index (κ1) is 19.4. The van der Waals surface area contributed by atoms with Crippen LogP contribution in [0.25, 0.3) is 10.9 Å². The van der Waals surface area contributed by atoms with Gasteiger partial charge in [-0.15, -0.1) is 0 Å². The van der Waals surface area contributed by atoms with Crippen molar-refractivity contribution >= 4 is 22.5 Å². The van der Waals surface area contributed by atoms with Crippen molar-refractivity contribution in [3.05, 3.63) is 36.0 Å². The van der Waals surface area contributed by atoms with Gasteiger partial charge in [0.2, 0.25) is 5.91 Å². The van der Waals surface area contributed by atoms with E-state index in [9.17, 15) is 4.79 Å². The van der Waals surface area contributed by atoms with Gasteiger partial charge in [0.25, 0.3) is 0 Å². The van der Waals surface area contributed by atoms with Crippen molar-refractivity contribution in [2.75, 3.05) is 5.32 Å². The summed E-state index contributed by atoms with van der Waals surface area (Å²) in [7, 11) is 0. The summed E-state index contributed by atoms with van der Waals surface area (Å²) >= 11 is 0. The Morgan fingerprint density at radius 3 is 2.32 bits per heavy atom. The number of carbonyl (C=O) groups is 1. The molecule has 25 heavy (non-hydrogen) atoms. The standard InChI is InChI=1S/C22H32N2O/c1-3-4-5-6-7-8-9-10-11-16-22(25)24-21-17-18(2)23-20-15-13-12-14-19(20)21/h12-15,17H,3-11,16H2,1-2H3,(H,23,24,25). The molecule has 0 aliphatic rings. The van der Waals surface area contributed by atoms with Crippen LogP contribution >= 0.6 is 0 Å². The van der Waals surface area contributed by atoms with Gasteiger partial charge in [-0.2, -0.15) is 0 Å². The lowest BCUT2D eigenvalue weighted by molar-refractivity contribution is -0.116. The van der Waals surface area contributed by atoms with Gasteiger partial charge in [-0.1, -0.05) is 76.5 Å². The molecular weight excluding hydrogens is 308 g/mol. The molecule has 3 nitrogen and oxygen atoms in total. The van der Waals surface area contributed by atoms with Crippen molar-refractivity contribution < 1.29 is 4.79 Å². The topological polar surface area (TPSA) is 42.0 Å². The summed E-state index contributed by atoms with van der Waals surface area (Å²) in [4.78, 5) is 16.8. The number of nitrogens with zero attached hydrogens (tertiary/aromatic N) is 1. The minimum Gasteiger partial charge on any atom is -0.325 e. The van der Waals surface area contributed by atoms with Gasteiger partial charge < -0.3 is 5.32 Å². The highest BCUT2D eigenvalue weighted by Crippen LogP contribution is 2.23. The van der Waals surface area contributed by atoms with Crippen LogP contribution in [0.4, 0.5) is 5.69 Å². The van der Waals surface area contributed by atoms with E-state index < -0.39 is 0 Å². The van der Waals surface area contributed by atoms with Gasteiger partial charge >= 0.3 is 0 Å². The number of unbranched alkanes of at least 4 members (excludes halogenated alkanes) is 8. The Labute approximate surface area is 152 Å². The number of hydrogen-bond acceptors (Lipinski definition) is 2. The van der Waals surface area contributed by atoms with Crippen molar-refractivity contribution in [1.82, 2.24) is 4.98 Å². The van der Waals surface area contributed by atoms with Gasteiger partial charge in [0.05, 0.1) is 11.2 Å². The Hall–Kier alpha value is -1.90. The minimum absolute atomic E-state index is 0.110. The van der Waals surface area contributed by atoms with Gasteiger partial charge in [-0.25, -0.2) is 0 Å². The highest BCUT2D eigenvalue weighted by Gasteiger charge is 2.07. The van der Waals surface area contributed by atoms with Gasteiger partial charge in [0.1, 0.15) is 0 Å². The summed E-state index contributed by atoms with van der Waals surface area (Å²) in [6.07, 6.45) is 12.0. The Morgan fingerprint density at radius 1 is 0.960 bits per heavy atom. The van der Waals surface area contributed by atoms with Gasteiger partial charge in [-0.05, 0) is 25.5 Å². The van der Waals surface area contributed by atoms with Crippen molar-refractivity contribution in [1.29, 1.82) is 0 Å². The van der Waals surface area contributed by atoms with Crippen LogP contribution in [0.15, 0.2) is 30.3 Å². The average Bonchev–Trinajstić information content (AvgIpc) is 2.60. The fourth-order valence-corrected chi connectivity index (χ4v) is 3.22. The zero-order chi connectivity index (χ0) is 17.9. The fourth-order valence-electron chi connectivity index (χ4n) is 3.22. The average molecular weight is 341 g/mol. The molecule has 1 aromatic carbocycles. The maximum Gasteiger partial charge on any atom is 0.224 e. The summed E-state index contributed by atoms with van der Waals surface area (Å²) in [6.45, 7) is 4.21. The SMILES string of the molecule is CCCCCCCCCCCC(=O)Nc1cc(C)nc2ccccc12. The molecule has 0 radical (unpaired) electrons. The first-order valence-electron chi connectivity index (χ1n) is 9.87. The lowest BCUT2D eigenvalue weighted by Crippen LogP contribution is -2.11. The molecule has 0 aliphatic heterocycles. The molecule has 2 rings (SSSR count). The highest BCUT2D eigenvalue weighted by molar-refractivity contribution is 6.00. The number of nitrogens with one attached hydrogen (secondary N) is 1. The van der Waals surface area contributed by atoms with E-state index in [4.69, 9.17) is 0 Å². The third kappa shape index (κ3) is 6.85. The molecule has 0 fully saturated rings. The normalized spacial score (nSPS) is 11.0. The second kappa shape index (κ2) is 10.9. The largest absolute Gasteiger partial charge is 0.325 e. The number of carbonyl (C=O) groups excluding carboxylic acids is 1. The zero-order valence-electron chi connectivity index (χ0n) is 15.8. The van der Waals surface area contributed by atoms with Crippen molar-refractivity contribution in [2.24, 2.45) is 0 Å². The van der Waals surface area contributed by atoms with Crippen LogP contribution in [0.1, 0.15) is 76.8 Å². The van der Waals surface area contributed by atoms with Crippen molar-refractivity contribution in [3.8, 4) is 0 Å². The molecule has 0 aliphatic carbocycles. The quantitative estimate of drug-likeness (QED) is 0.481. The third-order valence-corrected chi connectivity index (χ3v) is 4.63. The summed E-state index contributed by atoms with van der Waals surface area (Å²) in [5.74, 6) is 0.110. The van der Waals surface area contributed by atoms with Crippen LogP contribution in [0.3, 0.4) is 0 Å². The van der Waals surface area contributed by atoms with Gasteiger partial charge in [-0.3, -0.25) is 9.78 Å². The van der Waals surface area contributed by atoms with Crippen molar-refractivity contribution in [3.63, 3.8) is 0 Å². The number of fused-ring (bicyclic) bond motifs is 1. The van der Waals surface area contributed by atoms with Gasteiger partial charge in [0, 0.05) is 17.5 Å². The summed E-state index contributed by atoms with van der Waals surface area (Å²) in [5, 5.41) is 4.08. The molecule has 2 aromatic rings. The van der Waals surface area contributed by atoms with E-state index >= 15 is 0 Å². The Bertz CT molecular complexity index is 666. The molecule has 0 saturated heterocycles. The number of hydrogen-bond donors (Lipinski definition) is 1. The van der Waals surface area contributed by atoms with Gasteiger partial charge in [0.15, 0.2) is 0 Å². The Kier molecular flexibility index (Phi) is 8.44. The van der Waals surface area contributed by atoms with E-state index in [2.05, 4.69) is 17.2 Å². The third-order valence-electron chi connectivity index (χ3n) is 4.63. The zero-order valence-corrected chi connectivity index (χ0v) is 15.8. The molecule has 1 N–H and O–H groups in total. The van der Waals surface area contributed by atoms with E-state index in [0.717, 1.165) is 35.1 Å². The Morgan fingerprint density at radius 2 is 1.60 bits per heavy atom. The molecule has 0 saturated carbocycles. The minimum atomic E-state index is 0.110. The molecule has 1 amide bonds. The summed E-state index contributed by atoms with van der Waals surface area (Å²) in [5.41, 5.74) is 2.74. The molecule has 1 aromatic heterocycles. The van der Waals surface area contributed by atoms with E-state index in [0.29, 0.717) is 6.42 Å². The first-order chi connectivity index (χ1) is 12.2. The maximum absolute atomic E-state index is 12.2. The lowest BCUT2D eigenvalue weighted by atomic mass is 10.1. The molecular formula is C22H32N2O.